The van der Waals surface area contributed by atoms with Crippen LogP contribution < -0.4 is 5.32 Å². The maximum atomic E-state index is 12.3. The zero-order valence-corrected chi connectivity index (χ0v) is 14.1. The van der Waals surface area contributed by atoms with Crippen LogP contribution in [0, 0.1) is 23.2 Å². The van der Waals surface area contributed by atoms with E-state index in [1.54, 1.807) is 11.8 Å². The minimum atomic E-state index is -0.386. The van der Waals surface area contributed by atoms with Crippen LogP contribution in [0.25, 0.3) is 0 Å². The van der Waals surface area contributed by atoms with Crippen molar-refractivity contribution in [1.29, 1.82) is 5.26 Å². The van der Waals surface area contributed by atoms with Crippen molar-refractivity contribution in [3.8, 4) is 6.07 Å². The fraction of sp³-hybridized carbons (Fsp3) is 0.474. The molecule has 1 saturated carbocycles. The van der Waals surface area contributed by atoms with E-state index in [4.69, 9.17) is 5.26 Å². The second kappa shape index (κ2) is 6.27. The van der Waals surface area contributed by atoms with Gasteiger partial charge < -0.3 is 10.4 Å². The van der Waals surface area contributed by atoms with Crippen LogP contribution >= 0.6 is 11.8 Å². The lowest BCUT2D eigenvalue weighted by Gasteiger charge is -2.48. The predicted molar refractivity (Wildman–Crippen MR) is 93.2 cm³/mol. The first-order chi connectivity index (χ1) is 11.7. The molecule has 124 valence electrons. The van der Waals surface area contributed by atoms with Gasteiger partial charge in [-0.2, -0.15) is 5.26 Å². The number of hydrogen-bond donors (Lipinski definition) is 2. The molecule has 2 N–H and O–H groups in total. The number of nitriles is 1. The van der Waals surface area contributed by atoms with E-state index in [0.717, 1.165) is 17.5 Å². The smallest absolute Gasteiger partial charge is 0.234 e. The molecule has 1 aromatic rings. The third-order valence-electron chi connectivity index (χ3n) is 5.62. The van der Waals surface area contributed by atoms with E-state index in [0.29, 0.717) is 12.8 Å². The number of carbonyl (C=O) groups is 1. The molecule has 2 aliphatic heterocycles. The predicted octanol–water partition coefficient (Wildman–Crippen LogP) is 2.35. The number of aliphatic hydroxyl groups excluding tert-OH is 1. The second-order valence-corrected chi connectivity index (χ2v) is 7.95. The summed E-state index contributed by atoms with van der Waals surface area (Å²) in [6, 6.07) is 10.3. The lowest BCUT2D eigenvalue weighted by atomic mass is 9.63. The monoisotopic (exact) mass is 340 g/mol. The Kier molecular flexibility index (Phi) is 4.11. The van der Waals surface area contributed by atoms with Gasteiger partial charge in [0.1, 0.15) is 0 Å². The van der Waals surface area contributed by atoms with Gasteiger partial charge in [0, 0.05) is 17.9 Å². The summed E-state index contributed by atoms with van der Waals surface area (Å²) in [4.78, 5) is 12.3. The number of allylic oxidation sites excluding steroid dienone is 1. The SMILES string of the molecule is N#CCc1ccc(C2C(O)CCC3NC(=O)C4SC=CC4C32)cc1. The molecule has 24 heavy (non-hydrogen) atoms. The average molecular weight is 340 g/mol. The Morgan fingerprint density at radius 2 is 2.08 bits per heavy atom. The van der Waals surface area contributed by atoms with Gasteiger partial charge >= 0.3 is 0 Å². The zero-order valence-electron chi connectivity index (χ0n) is 13.3. The first-order valence-electron chi connectivity index (χ1n) is 8.45. The van der Waals surface area contributed by atoms with Gasteiger partial charge in [-0.3, -0.25) is 4.79 Å². The molecular formula is C19H20N2O2S. The molecule has 6 unspecified atom stereocenters. The molecule has 4 nitrogen and oxygen atoms in total. The number of nitrogens with one attached hydrogen (secondary N) is 1. The lowest BCUT2D eigenvalue weighted by molar-refractivity contribution is -0.126. The summed E-state index contributed by atoms with van der Waals surface area (Å²) in [6.45, 7) is 0. The van der Waals surface area contributed by atoms with Gasteiger partial charge in [0.25, 0.3) is 0 Å². The average Bonchev–Trinajstić information content (AvgIpc) is 3.07. The summed E-state index contributed by atoms with van der Waals surface area (Å²) in [5, 5.41) is 24.7. The summed E-state index contributed by atoms with van der Waals surface area (Å²) in [6.07, 6.45) is 3.71. The highest BCUT2D eigenvalue weighted by Crippen LogP contribution is 2.50. The molecule has 0 radical (unpaired) electrons. The number of hydrogen-bond acceptors (Lipinski definition) is 4. The zero-order chi connectivity index (χ0) is 16.7. The molecule has 0 spiro atoms. The quantitative estimate of drug-likeness (QED) is 0.867. The maximum Gasteiger partial charge on any atom is 0.234 e. The van der Waals surface area contributed by atoms with Gasteiger partial charge in [0.2, 0.25) is 5.91 Å². The number of benzene rings is 1. The van der Waals surface area contributed by atoms with Gasteiger partial charge in [-0.05, 0) is 35.3 Å². The normalized spacial score (nSPS) is 37.2. The summed E-state index contributed by atoms with van der Waals surface area (Å²) in [5.41, 5.74) is 2.10. The Bertz CT molecular complexity index is 709. The Hall–Kier alpha value is -1.77. The van der Waals surface area contributed by atoms with Crippen molar-refractivity contribution in [3.05, 3.63) is 46.9 Å². The molecule has 4 rings (SSSR count). The largest absolute Gasteiger partial charge is 0.392 e. The number of aliphatic hydroxyl groups is 1. The fourth-order valence-electron chi connectivity index (χ4n) is 4.54. The summed E-state index contributed by atoms with van der Waals surface area (Å²) < 4.78 is 0. The molecule has 3 aliphatic rings. The third kappa shape index (κ3) is 2.54. The van der Waals surface area contributed by atoms with Crippen molar-refractivity contribution < 1.29 is 9.90 Å². The number of amides is 1. The standard InChI is InChI=1S/C19H20N2O2S/c20-9-7-11-1-3-12(4-2-11)16-15(22)6-5-14-17(16)13-8-10-24-18(13)19(23)21-14/h1-4,8,10,13-18,22H,5-7H2,(H,21,23). The van der Waals surface area contributed by atoms with Crippen LogP contribution in [0.5, 0.6) is 0 Å². The minimum Gasteiger partial charge on any atom is -0.392 e. The maximum absolute atomic E-state index is 12.3. The van der Waals surface area contributed by atoms with Crippen LogP contribution in [0.15, 0.2) is 35.7 Å². The van der Waals surface area contributed by atoms with Crippen molar-refractivity contribution in [3.63, 3.8) is 0 Å². The molecule has 0 aromatic heterocycles. The molecule has 1 amide bonds. The van der Waals surface area contributed by atoms with Crippen LogP contribution in [0.1, 0.15) is 29.9 Å². The van der Waals surface area contributed by atoms with E-state index < -0.39 is 0 Å². The fourth-order valence-corrected chi connectivity index (χ4v) is 5.63. The topological polar surface area (TPSA) is 73.1 Å². The number of piperidine rings is 1. The number of nitrogens with zero attached hydrogens (tertiary/aromatic N) is 1. The van der Waals surface area contributed by atoms with Crippen molar-refractivity contribution >= 4 is 17.7 Å². The molecule has 6 atom stereocenters. The lowest BCUT2D eigenvalue weighted by Crippen LogP contribution is -2.59. The van der Waals surface area contributed by atoms with Gasteiger partial charge in [-0.15, -0.1) is 11.8 Å². The highest BCUT2D eigenvalue weighted by Gasteiger charge is 2.51. The summed E-state index contributed by atoms with van der Waals surface area (Å²) >= 11 is 1.59. The summed E-state index contributed by atoms with van der Waals surface area (Å²) in [7, 11) is 0. The number of thioether (sulfide) groups is 1. The highest BCUT2D eigenvalue weighted by molar-refractivity contribution is 8.03. The molecule has 1 aliphatic carbocycles. The second-order valence-electron chi connectivity index (χ2n) is 6.90. The first-order valence-corrected chi connectivity index (χ1v) is 9.39. The van der Waals surface area contributed by atoms with E-state index in [2.05, 4.69) is 17.5 Å². The Morgan fingerprint density at radius 3 is 2.83 bits per heavy atom. The Labute approximate surface area is 145 Å². The van der Waals surface area contributed by atoms with Crippen molar-refractivity contribution in [2.24, 2.45) is 11.8 Å². The van der Waals surface area contributed by atoms with Gasteiger partial charge in [0.05, 0.1) is 23.8 Å². The molecule has 2 heterocycles. The highest BCUT2D eigenvalue weighted by atomic mass is 32.2. The van der Waals surface area contributed by atoms with E-state index >= 15 is 0 Å². The van der Waals surface area contributed by atoms with E-state index in [1.807, 2.05) is 29.7 Å². The van der Waals surface area contributed by atoms with Gasteiger partial charge in [0.15, 0.2) is 0 Å². The van der Waals surface area contributed by atoms with E-state index in [-0.39, 0.29) is 41.1 Å². The van der Waals surface area contributed by atoms with Crippen molar-refractivity contribution in [2.75, 3.05) is 0 Å². The van der Waals surface area contributed by atoms with Crippen LogP contribution in [-0.2, 0) is 11.2 Å². The van der Waals surface area contributed by atoms with Crippen LogP contribution in [0.4, 0.5) is 0 Å². The first kappa shape index (κ1) is 15.7. The number of rotatable bonds is 2. The van der Waals surface area contributed by atoms with Crippen molar-refractivity contribution in [1.82, 2.24) is 5.32 Å². The van der Waals surface area contributed by atoms with Crippen molar-refractivity contribution in [2.45, 2.75) is 42.6 Å². The molecule has 0 bridgehead atoms. The van der Waals surface area contributed by atoms with Gasteiger partial charge in [-0.1, -0.05) is 30.3 Å². The number of carbonyl (C=O) groups excluding carboxylic acids is 1. The molecule has 1 aromatic carbocycles. The molecule has 1 saturated heterocycles. The summed E-state index contributed by atoms with van der Waals surface area (Å²) in [5.74, 6) is 0.573. The minimum absolute atomic E-state index is 0.0244. The Morgan fingerprint density at radius 1 is 1.29 bits per heavy atom. The van der Waals surface area contributed by atoms with Gasteiger partial charge in [-0.25, -0.2) is 0 Å². The molecule has 5 heteroatoms. The van der Waals surface area contributed by atoms with Crippen LogP contribution in [0.2, 0.25) is 0 Å². The van der Waals surface area contributed by atoms with Crippen LogP contribution in [-0.4, -0.2) is 28.4 Å². The third-order valence-corrected chi connectivity index (χ3v) is 6.76. The van der Waals surface area contributed by atoms with Crippen LogP contribution in [0.3, 0.4) is 0 Å². The van der Waals surface area contributed by atoms with E-state index in [1.165, 1.54) is 0 Å². The number of fused-ring (bicyclic) bond motifs is 3. The Balaban J connectivity index is 1.68. The molecule has 2 fully saturated rings. The molecular weight excluding hydrogens is 320 g/mol. The van der Waals surface area contributed by atoms with E-state index in [9.17, 15) is 9.90 Å².